The van der Waals surface area contributed by atoms with Crippen molar-refractivity contribution in [2.24, 2.45) is 0 Å². The molecule has 4 nitrogen and oxygen atoms in total. The Balaban J connectivity index is 2.06. The number of rotatable bonds is 7. The van der Waals surface area contributed by atoms with E-state index in [0.29, 0.717) is 23.9 Å². The van der Waals surface area contributed by atoms with Crippen LogP contribution in [0.4, 0.5) is 5.69 Å². The third-order valence-electron chi connectivity index (χ3n) is 3.18. The summed E-state index contributed by atoms with van der Waals surface area (Å²) in [6.07, 6.45) is 0. The SMILES string of the molecule is CCOc1ccc(CNc2ccc(OC)c(Cl)c2)cc1OC. The average molecular weight is 322 g/mol. The first-order valence-corrected chi connectivity index (χ1v) is 7.42. The molecule has 0 aliphatic heterocycles. The van der Waals surface area contributed by atoms with Crippen LogP contribution in [0.1, 0.15) is 12.5 Å². The van der Waals surface area contributed by atoms with E-state index >= 15 is 0 Å². The lowest BCUT2D eigenvalue weighted by Gasteiger charge is -2.12. The van der Waals surface area contributed by atoms with Crippen molar-refractivity contribution in [3.8, 4) is 17.2 Å². The number of hydrogen-bond acceptors (Lipinski definition) is 4. The van der Waals surface area contributed by atoms with Crippen LogP contribution in [-0.4, -0.2) is 20.8 Å². The molecule has 1 N–H and O–H groups in total. The molecule has 2 aromatic carbocycles. The summed E-state index contributed by atoms with van der Waals surface area (Å²) in [5.74, 6) is 2.14. The Labute approximate surface area is 136 Å². The zero-order valence-electron chi connectivity index (χ0n) is 13.0. The Morgan fingerprint density at radius 1 is 0.955 bits per heavy atom. The maximum Gasteiger partial charge on any atom is 0.161 e. The van der Waals surface area contributed by atoms with Gasteiger partial charge in [-0.05, 0) is 42.8 Å². The number of halogens is 1. The van der Waals surface area contributed by atoms with Gasteiger partial charge in [-0.2, -0.15) is 0 Å². The van der Waals surface area contributed by atoms with Crippen molar-refractivity contribution in [2.45, 2.75) is 13.5 Å². The summed E-state index contributed by atoms with van der Waals surface area (Å²) in [6, 6.07) is 11.5. The fourth-order valence-electron chi connectivity index (χ4n) is 2.08. The molecule has 0 saturated heterocycles. The lowest BCUT2D eigenvalue weighted by atomic mass is 10.2. The standard InChI is InChI=1S/C17H20ClNO3/c1-4-22-16-7-5-12(9-17(16)21-3)11-19-13-6-8-15(20-2)14(18)10-13/h5-10,19H,4,11H2,1-3H3. The number of nitrogens with one attached hydrogen (secondary N) is 1. The van der Waals surface area contributed by atoms with Crippen molar-refractivity contribution in [2.75, 3.05) is 26.1 Å². The summed E-state index contributed by atoms with van der Waals surface area (Å²) in [5.41, 5.74) is 2.02. The lowest BCUT2D eigenvalue weighted by Crippen LogP contribution is -2.01. The number of anilines is 1. The highest BCUT2D eigenvalue weighted by Gasteiger charge is 2.06. The summed E-state index contributed by atoms with van der Waals surface area (Å²) in [4.78, 5) is 0. The Hall–Kier alpha value is -2.07. The third-order valence-corrected chi connectivity index (χ3v) is 3.47. The highest BCUT2D eigenvalue weighted by atomic mass is 35.5. The van der Waals surface area contributed by atoms with Gasteiger partial charge in [-0.25, -0.2) is 0 Å². The normalized spacial score (nSPS) is 10.2. The van der Waals surface area contributed by atoms with Gasteiger partial charge >= 0.3 is 0 Å². The molecule has 0 radical (unpaired) electrons. The fraction of sp³-hybridized carbons (Fsp3) is 0.294. The van der Waals surface area contributed by atoms with Gasteiger partial charge in [0.1, 0.15) is 5.75 Å². The molecular weight excluding hydrogens is 302 g/mol. The topological polar surface area (TPSA) is 39.7 Å². The molecule has 5 heteroatoms. The Morgan fingerprint density at radius 3 is 2.32 bits per heavy atom. The van der Waals surface area contributed by atoms with E-state index in [9.17, 15) is 0 Å². The van der Waals surface area contributed by atoms with Crippen LogP contribution in [0.5, 0.6) is 17.2 Å². The van der Waals surface area contributed by atoms with E-state index in [0.717, 1.165) is 22.7 Å². The highest BCUT2D eigenvalue weighted by Crippen LogP contribution is 2.29. The monoisotopic (exact) mass is 321 g/mol. The second kappa shape index (κ2) is 7.80. The van der Waals surface area contributed by atoms with E-state index in [1.54, 1.807) is 14.2 Å². The summed E-state index contributed by atoms with van der Waals surface area (Å²) < 4.78 is 16.0. The zero-order chi connectivity index (χ0) is 15.9. The molecule has 0 spiro atoms. The molecule has 0 heterocycles. The minimum Gasteiger partial charge on any atom is -0.495 e. The predicted molar refractivity (Wildman–Crippen MR) is 89.5 cm³/mol. The first-order valence-electron chi connectivity index (χ1n) is 7.05. The van der Waals surface area contributed by atoms with E-state index in [1.165, 1.54) is 0 Å². The molecule has 2 aromatic rings. The molecule has 0 fully saturated rings. The molecular formula is C17H20ClNO3. The first-order chi connectivity index (χ1) is 10.7. The third kappa shape index (κ3) is 3.98. The van der Waals surface area contributed by atoms with Crippen LogP contribution in [0.3, 0.4) is 0 Å². The minimum absolute atomic E-state index is 0.580. The van der Waals surface area contributed by atoms with Gasteiger partial charge in [0, 0.05) is 12.2 Å². The Bertz CT molecular complexity index is 631. The van der Waals surface area contributed by atoms with Crippen molar-refractivity contribution in [1.82, 2.24) is 0 Å². The zero-order valence-corrected chi connectivity index (χ0v) is 13.7. The summed E-state index contributed by atoms with van der Waals surface area (Å²) >= 11 is 6.11. The maximum atomic E-state index is 6.11. The van der Waals surface area contributed by atoms with Crippen LogP contribution < -0.4 is 19.5 Å². The molecule has 22 heavy (non-hydrogen) atoms. The molecule has 0 aromatic heterocycles. The van der Waals surface area contributed by atoms with Gasteiger partial charge in [0.05, 0.1) is 25.8 Å². The lowest BCUT2D eigenvalue weighted by molar-refractivity contribution is 0.310. The molecule has 2 rings (SSSR count). The molecule has 0 bridgehead atoms. The second-order valence-electron chi connectivity index (χ2n) is 4.62. The largest absolute Gasteiger partial charge is 0.495 e. The number of ether oxygens (including phenoxy) is 3. The Morgan fingerprint density at radius 2 is 1.68 bits per heavy atom. The van der Waals surface area contributed by atoms with Crippen LogP contribution in [0.25, 0.3) is 0 Å². The quantitative estimate of drug-likeness (QED) is 0.822. The molecule has 0 amide bonds. The molecule has 0 aliphatic carbocycles. The van der Waals surface area contributed by atoms with Crippen molar-refractivity contribution < 1.29 is 14.2 Å². The highest BCUT2D eigenvalue weighted by molar-refractivity contribution is 6.32. The first kappa shape index (κ1) is 16.3. The Kier molecular flexibility index (Phi) is 5.78. The summed E-state index contributed by atoms with van der Waals surface area (Å²) in [7, 11) is 3.23. The van der Waals surface area contributed by atoms with E-state index < -0.39 is 0 Å². The van der Waals surface area contributed by atoms with Gasteiger partial charge in [-0.3, -0.25) is 0 Å². The van der Waals surface area contributed by atoms with Gasteiger partial charge in [0.15, 0.2) is 11.5 Å². The molecule has 118 valence electrons. The average Bonchev–Trinajstić information content (AvgIpc) is 2.54. The van der Waals surface area contributed by atoms with Crippen LogP contribution in [0.2, 0.25) is 5.02 Å². The second-order valence-corrected chi connectivity index (χ2v) is 5.03. The van der Waals surface area contributed by atoms with Crippen molar-refractivity contribution in [3.05, 3.63) is 47.0 Å². The van der Waals surface area contributed by atoms with Crippen molar-refractivity contribution in [3.63, 3.8) is 0 Å². The molecule has 0 aliphatic rings. The number of benzene rings is 2. The van der Waals surface area contributed by atoms with E-state index in [2.05, 4.69) is 5.32 Å². The number of hydrogen-bond donors (Lipinski definition) is 1. The number of methoxy groups -OCH3 is 2. The van der Waals surface area contributed by atoms with E-state index in [4.69, 9.17) is 25.8 Å². The van der Waals surface area contributed by atoms with Crippen LogP contribution in [0, 0.1) is 0 Å². The van der Waals surface area contributed by atoms with Crippen LogP contribution >= 0.6 is 11.6 Å². The maximum absolute atomic E-state index is 6.11. The van der Waals surface area contributed by atoms with Crippen molar-refractivity contribution >= 4 is 17.3 Å². The van der Waals surface area contributed by atoms with Gasteiger partial charge in [-0.1, -0.05) is 17.7 Å². The van der Waals surface area contributed by atoms with Crippen molar-refractivity contribution in [1.29, 1.82) is 0 Å². The summed E-state index contributed by atoms with van der Waals surface area (Å²) in [6.45, 7) is 3.21. The van der Waals surface area contributed by atoms with Gasteiger partial charge in [0.25, 0.3) is 0 Å². The smallest absolute Gasteiger partial charge is 0.161 e. The minimum atomic E-state index is 0.580. The van der Waals surface area contributed by atoms with E-state index in [1.807, 2.05) is 43.3 Å². The van der Waals surface area contributed by atoms with E-state index in [-0.39, 0.29) is 0 Å². The predicted octanol–water partition coefficient (Wildman–Crippen LogP) is 4.37. The van der Waals surface area contributed by atoms with Gasteiger partial charge < -0.3 is 19.5 Å². The molecule has 0 unspecified atom stereocenters. The fourth-order valence-corrected chi connectivity index (χ4v) is 2.33. The van der Waals surface area contributed by atoms with Gasteiger partial charge in [-0.15, -0.1) is 0 Å². The molecule has 0 saturated carbocycles. The summed E-state index contributed by atoms with van der Waals surface area (Å²) in [5, 5.41) is 3.90. The van der Waals surface area contributed by atoms with Crippen LogP contribution in [0.15, 0.2) is 36.4 Å². The molecule has 0 atom stereocenters. The van der Waals surface area contributed by atoms with Gasteiger partial charge in [0.2, 0.25) is 0 Å². The van der Waals surface area contributed by atoms with Crippen LogP contribution in [-0.2, 0) is 6.54 Å².